The second kappa shape index (κ2) is 4.55. The van der Waals surface area contributed by atoms with Crippen molar-refractivity contribution in [2.24, 2.45) is 0 Å². The summed E-state index contributed by atoms with van der Waals surface area (Å²) in [5.41, 5.74) is 3.16. The van der Waals surface area contributed by atoms with Crippen molar-refractivity contribution >= 4 is 32.8 Å². The maximum atomic E-state index is 12.8. The van der Waals surface area contributed by atoms with Crippen LogP contribution in [0.25, 0.3) is 22.9 Å². The smallest absolute Gasteiger partial charge is 0.206 e. The molecule has 0 saturated carbocycles. The number of aryl methyl sites for hydroxylation is 1. The highest BCUT2D eigenvalue weighted by atomic mass is 32.2. The number of benzene rings is 3. The Kier molecular flexibility index (Phi) is 2.75. The van der Waals surface area contributed by atoms with Gasteiger partial charge in [-0.05, 0) is 53.1 Å². The molecule has 0 aliphatic heterocycles. The van der Waals surface area contributed by atoms with Crippen molar-refractivity contribution in [1.82, 2.24) is 0 Å². The summed E-state index contributed by atoms with van der Waals surface area (Å²) >= 11 is 0. The highest BCUT2D eigenvalue weighted by molar-refractivity contribution is 7.91. The molecule has 0 amide bonds. The average Bonchev–Trinajstić information content (AvgIpc) is 2.93. The van der Waals surface area contributed by atoms with Crippen LogP contribution in [-0.2, 0) is 9.84 Å². The normalized spacial score (nSPS) is 13.0. The molecule has 4 rings (SSSR count). The van der Waals surface area contributed by atoms with Gasteiger partial charge in [0.2, 0.25) is 9.84 Å². The van der Waals surface area contributed by atoms with E-state index in [0.717, 1.165) is 27.5 Å². The van der Waals surface area contributed by atoms with Gasteiger partial charge in [-0.2, -0.15) is 0 Å². The largest absolute Gasteiger partial charge is 0.219 e. The summed E-state index contributed by atoms with van der Waals surface area (Å²) in [7, 11) is -3.49. The van der Waals surface area contributed by atoms with Gasteiger partial charge in [-0.3, -0.25) is 0 Å². The first-order valence-electron chi connectivity index (χ1n) is 7.12. The van der Waals surface area contributed by atoms with E-state index in [0.29, 0.717) is 9.79 Å². The first kappa shape index (κ1) is 13.3. The fourth-order valence-corrected chi connectivity index (χ4v) is 4.25. The SMILES string of the molecule is Cc1ccc(S(=O)(=O)c2cc3c4c(cccc4c2)C=C3)cc1. The third-order valence-corrected chi connectivity index (χ3v) is 5.85. The lowest BCUT2D eigenvalue weighted by atomic mass is 10.0. The molecule has 0 bridgehead atoms. The van der Waals surface area contributed by atoms with E-state index < -0.39 is 9.84 Å². The van der Waals surface area contributed by atoms with E-state index in [-0.39, 0.29) is 0 Å². The van der Waals surface area contributed by atoms with Gasteiger partial charge in [0, 0.05) is 0 Å². The second-order valence-corrected chi connectivity index (χ2v) is 7.56. The quantitative estimate of drug-likeness (QED) is 0.548. The van der Waals surface area contributed by atoms with Crippen molar-refractivity contribution in [2.45, 2.75) is 16.7 Å². The van der Waals surface area contributed by atoms with Gasteiger partial charge in [-0.1, -0.05) is 48.0 Å². The Balaban J connectivity index is 1.96. The Hall–Kier alpha value is -2.39. The lowest BCUT2D eigenvalue weighted by Crippen LogP contribution is -2.02. The van der Waals surface area contributed by atoms with Gasteiger partial charge in [0.05, 0.1) is 9.79 Å². The van der Waals surface area contributed by atoms with Crippen molar-refractivity contribution in [3.05, 3.63) is 71.3 Å². The van der Waals surface area contributed by atoms with Crippen molar-refractivity contribution in [3.8, 4) is 0 Å². The summed E-state index contributed by atoms with van der Waals surface area (Å²) in [4.78, 5) is 0.685. The van der Waals surface area contributed by atoms with E-state index in [1.54, 1.807) is 24.3 Å². The van der Waals surface area contributed by atoms with Crippen molar-refractivity contribution < 1.29 is 8.42 Å². The van der Waals surface area contributed by atoms with Crippen LogP contribution in [0.3, 0.4) is 0 Å². The molecule has 0 heterocycles. The Labute approximate surface area is 129 Å². The summed E-state index contributed by atoms with van der Waals surface area (Å²) < 4.78 is 25.7. The van der Waals surface area contributed by atoms with E-state index in [1.165, 1.54) is 0 Å². The van der Waals surface area contributed by atoms with Gasteiger partial charge < -0.3 is 0 Å². The number of rotatable bonds is 2. The minimum atomic E-state index is -3.49. The van der Waals surface area contributed by atoms with Crippen LogP contribution in [0.2, 0.25) is 0 Å². The van der Waals surface area contributed by atoms with Crippen molar-refractivity contribution in [2.75, 3.05) is 0 Å². The molecule has 0 unspecified atom stereocenters. The van der Waals surface area contributed by atoms with Crippen LogP contribution in [0.1, 0.15) is 16.7 Å². The summed E-state index contributed by atoms with van der Waals surface area (Å²) in [5, 5.41) is 2.09. The molecule has 0 spiro atoms. The molecule has 0 N–H and O–H groups in total. The maximum Gasteiger partial charge on any atom is 0.206 e. The molecule has 1 aliphatic carbocycles. The van der Waals surface area contributed by atoms with Crippen LogP contribution in [-0.4, -0.2) is 8.42 Å². The predicted molar refractivity (Wildman–Crippen MR) is 89.5 cm³/mol. The monoisotopic (exact) mass is 306 g/mol. The fourth-order valence-electron chi connectivity index (χ4n) is 2.92. The second-order valence-electron chi connectivity index (χ2n) is 5.61. The predicted octanol–water partition coefficient (Wildman–Crippen LogP) is 4.46. The van der Waals surface area contributed by atoms with Crippen LogP contribution < -0.4 is 0 Å². The van der Waals surface area contributed by atoms with Gasteiger partial charge in [0.15, 0.2) is 0 Å². The lowest BCUT2D eigenvalue weighted by Gasteiger charge is -2.09. The average molecular weight is 306 g/mol. The summed E-state index contributed by atoms with van der Waals surface area (Å²) in [6, 6.07) is 16.5. The topological polar surface area (TPSA) is 34.1 Å². The van der Waals surface area contributed by atoms with Gasteiger partial charge in [0.25, 0.3) is 0 Å². The zero-order valence-electron chi connectivity index (χ0n) is 12.1. The lowest BCUT2D eigenvalue weighted by molar-refractivity contribution is 0.596. The van der Waals surface area contributed by atoms with E-state index in [2.05, 4.69) is 0 Å². The third-order valence-electron chi connectivity index (χ3n) is 4.10. The molecule has 3 heteroatoms. The summed E-state index contributed by atoms with van der Waals surface area (Å²) in [6.45, 7) is 1.94. The molecule has 0 aromatic heterocycles. The molecule has 0 radical (unpaired) electrons. The first-order chi connectivity index (χ1) is 10.6. The van der Waals surface area contributed by atoms with E-state index in [4.69, 9.17) is 0 Å². The van der Waals surface area contributed by atoms with E-state index in [9.17, 15) is 8.42 Å². The molecular formula is C19H14O2S. The van der Waals surface area contributed by atoms with Crippen LogP contribution in [0.4, 0.5) is 0 Å². The zero-order chi connectivity index (χ0) is 15.3. The minimum Gasteiger partial charge on any atom is -0.219 e. The Morgan fingerprint density at radius 3 is 2.27 bits per heavy atom. The Morgan fingerprint density at radius 1 is 0.773 bits per heavy atom. The highest BCUT2D eigenvalue weighted by Gasteiger charge is 2.20. The maximum absolute atomic E-state index is 12.8. The molecule has 108 valence electrons. The molecule has 3 aromatic carbocycles. The zero-order valence-corrected chi connectivity index (χ0v) is 12.9. The highest BCUT2D eigenvalue weighted by Crippen LogP contribution is 2.34. The van der Waals surface area contributed by atoms with Gasteiger partial charge in [-0.15, -0.1) is 0 Å². The summed E-state index contributed by atoms with van der Waals surface area (Å²) in [6.07, 6.45) is 4.01. The molecular weight excluding hydrogens is 292 g/mol. The Morgan fingerprint density at radius 2 is 1.50 bits per heavy atom. The van der Waals surface area contributed by atoms with Crippen LogP contribution >= 0.6 is 0 Å². The number of hydrogen-bond donors (Lipinski definition) is 0. The summed E-state index contributed by atoms with van der Waals surface area (Å²) in [5.74, 6) is 0. The number of hydrogen-bond acceptors (Lipinski definition) is 2. The standard InChI is InChI=1S/C19H14O2S/c1-13-5-9-17(10-6-13)22(20,21)18-11-15-4-2-3-14-7-8-16(12-18)19(14)15/h2-12H,1H3. The minimum absolute atomic E-state index is 0.336. The Bertz CT molecular complexity index is 1030. The molecule has 2 nitrogen and oxygen atoms in total. The van der Waals surface area contributed by atoms with Crippen LogP contribution in [0.15, 0.2) is 64.4 Å². The van der Waals surface area contributed by atoms with Crippen molar-refractivity contribution in [3.63, 3.8) is 0 Å². The molecule has 1 aliphatic rings. The van der Waals surface area contributed by atoms with Gasteiger partial charge in [-0.25, -0.2) is 8.42 Å². The molecule has 0 fully saturated rings. The third kappa shape index (κ3) is 1.90. The van der Waals surface area contributed by atoms with Crippen LogP contribution in [0, 0.1) is 6.92 Å². The van der Waals surface area contributed by atoms with Gasteiger partial charge >= 0.3 is 0 Å². The van der Waals surface area contributed by atoms with Gasteiger partial charge in [0.1, 0.15) is 0 Å². The number of sulfone groups is 1. The molecule has 0 atom stereocenters. The molecule has 22 heavy (non-hydrogen) atoms. The van der Waals surface area contributed by atoms with Crippen molar-refractivity contribution in [1.29, 1.82) is 0 Å². The first-order valence-corrected chi connectivity index (χ1v) is 8.61. The van der Waals surface area contributed by atoms with E-state index >= 15 is 0 Å². The fraction of sp³-hybridized carbons (Fsp3) is 0.0526. The van der Waals surface area contributed by atoms with Crippen LogP contribution in [0.5, 0.6) is 0 Å². The molecule has 0 saturated heterocycles. The van der Waals surface area contributed by atoms with E-state index in [1.807, 2.05) is 49.4 Å². The molecule has 3 aromatic rings.